The Balaban J connectivity index is 2.99. The first-order valence-electron chi connectivity index (χ1n) is 5.00. The number of thiazole rings is 1. The molecule has 5 nitrogen and oxygen atoms in total. The summed E-state index contributed by atoms with van der Waals surface area (Å²) in [6, 6.07) is 2.00. The summed E-state index contributed by atoms with van der Waals surface area (Å²) in [7, 11) is -1.68. The third kappa shape index (κ3) is 3.49. The largest absolute Gasteiger partial charge is 0.378 e. The maximum atomic E-state index is 11.7. The molecular weight excluding hydrogens is 260 g/mol. The van der Waals surface area contributed by atoms with Gasteiger partial charge in [0, 0.05) is 7.11 Å². The Morgan fingerprint density at radius 1 is 1.53 bits per heavy atom. The maximum Gasteiger partial charge on any atom is 0.159 e. The molecule has 0 aliphatic heterocycles. The fourth-order valence-corrected chi connectivity index (χ4v) is 3.25. The van der Waals surface area contributed by atoms with Crippen LogP contribution in [0.4, 0.5) is 0 Å². The Bertz CT molecular complexity index is 526. The van der Waals surface area contributed by atoms with E-state index in [0.29, 0.717) is 15.6 Å². The van der Waals surface area contributed by atoms with Gasteiger partial charge in [-0.3, -0.25) is 0 Å². The van der Waals surface area contributed by atoms with Crippen molar-refractivity contribution < 1.29 is 13.2 Å². The van der Waals surface area contributed by atoms with Crippen LogP contribution >= 0.6 is 11.3 Å². The molecule has 0 aliphatic carbocycles. The Hall–Kier alpha value is -0.970. The molecule has 0 saturated carbocycles. The van der Waals surface area contributed by atoms with Crippen LogP contribution < -0.4 is 0 Å². The monoisotopic (exact) mass is 274 g/mol. The number of aromatic nitrogens is 1. The molecule has 0 amide bonds. The molecule has 0 aromatic carbocycles. The van der Waals surface area contributed by atoms with Crippen LogP contribution in [-0.4, -0.2) is 25.8 Å². The van der Waals surface area contributed by atoms with Crippen LogP contribution in [0, 0.1) is 11.3 Å². The van der Waals surface area contributed by atoms with Crippen LogP contribution in [0.1, 0.15) is 29.4 Å². The van der Waals surface area contributed by atoms with Crippen molar-refractivity contribution >= 4 is 21.2 Å². The van der Waals surface area contributed by atoms with Gasteiger partial charge in [0.2, 0.25) is 0 Å². The standard InChI is InChI=1S/C10H14N2O3S2/c1-7(2)17(13,14)6-10-12-8(5-15-3)9(4-11)16-10/h7H,5-6H2,1-3H3. The molecule has 1 aromatic heterocycles. The maximum absolute atomic E-state index is 11.7. The van der Waals surface area contributed by atoms with E-state index in [4.69, 9.17) is 10.00 Å². The SMILES string of the molecule is COCc1nc(CS(=O)(=O)C(C)C)sc1C#N. The summed E-state index contributed by atoms with van der Waals surface area (Å²) in [5, 5.41) is 8.89. The Labute approximate surface area is 105 Å². The minimum atomic E-state index is -3.18. The van der Waals surface area contributed by atoms with Gasteiger partial charge in [0.1, 0.15) is 21.7 Å². The smallest absolute Gasteiger partial charge is 0.159 e. The molecule has 0 atom stereocenters. The molecule has 7 heteroatoms. The van der Waals surface area contributed by atoms with Crippen molar-refractivity contribution in [3.05, 3.63) is 15.6 Å². The van der Waals surface area contributed by atoms with Crippen molar-refractivity contribution in [3.8, 4) is 6.07 Å². The summed E-state index contributed by atoms with van der Waals surface area (Å²) >= 11 is 1.11. The number of nitriles is 1. The van der Waals surface area contributed by atoms with Gasteiger partial charge in [-0.15, -0.1) is 11.3 Å². The summed E-state index contributed by atoms with van der Waals surface area (Å²) in [4.78, 5) is 4.55. The second-order valence-electron chi connectivity index (χ2n) is 3.78. The Morgan fingerprint density at radius 2 is 2.18 bits per heavy atom. The van der Waals surface area contributed by atoms with Crippen LogP contribution in [0.3, 0.4) is 0 Å². The fourth-order valence-electron chi connectivity index (χ4n) is 1.12. The van der Waals surface area contributed by atoms with Gasteiger partial charge in [-0.2, -0.15) is 5.26 Å². The van der Waals surface area contributed by atoms with Gasteiger partial charge in [0.05, 0.1) is 17.6 Å². The molecule has 0 fully saturated rings. The molecule has 0 saturated heterocycles. The Morgan fingerprint density at radius 3 is 2.65 bits per heavy atom. The quantitative estimate of drug-likeness (QED) is 0.812. The fraction of sp³-hybridized carbons (Fsp3) is 0.600. The topological polar surface area (TPSA) is 80.0 Å². The molecule has 17 heavy (non-hydrogen) atoms. The molecule has 0 unspecified atom stereocenters. The highest BCUT2D eigenvalue weighted by Crippen LogP contribution is 2.21. The van der Waals surface area contributed by atoms with Crippen molar-refractivity contribution in [2.75, 3.05) is 7.11 Å². The summed E-state index contributed by atoms with van der Waals surface area (Å²) < 4.78 is 28.3. The van der Waals surface area contributed by atoms with Gasteiger partial charge < -0.3 is 4.74 Å². The predicted molar refractivity (Wildman–Crippen MR) is 65.3 cm³/mol. The first-order valence-corrected chi connectivity index (χ1v) is 7.53. The lowest BCUT2D eigenvalue weighted by atomic mass is 10.4. The van der Waals surface area contributed by atoms with Crippen LogP contribution in [0.25, 0.3) is 0 Å². The predicted octanol–water partition coefficient (Wildman–Crippen LogP) is 1.48. The second-order valence-corrected chi connectivity index (χ2v) is 7.43. The number of ether oxygens (including phenoxy) is 1. The lowest BCUT2D eigenvalue weighted by molar-refractivity contribution is 0.181. The van der Waals surface area contributed by atoms with Gasteiger partial charge in [0.25, 0.3) is 0 Å². The zero-order valence-corrected chi connectivity index (χ0v) is 11.6. The Kier molecular flexibility index (Phi) is 4.62. The highest BCUT2D eigenvalue weighted by Gasteiger charge is 2.20. The van der Waals surface area contributed by atoms with Crippen molar-refractivity contribution in [1.82, 2.24) is 4.98 Å². The van der Waals surface area contributed by atoms with Gasteiger partial charge >= 0.3 is 0 Å². The first kappa shape index (κ1) is 14.1. The molecule has 0 aliphatic rings. The van der Waals surface area contributed by atoms with E-state index in [0.717, 1.165) is 11.3 Å². The number of nitrogens with zero attached hydrogens (tertiary/aromatic N) is 2. The van der Waals surface area contributed by atoms with Gasteiger partial charge in [-0.25, -0.2) is 13.4 Å². The van der Waals surface area contributed by atoms with Crippen LogP contribution in [-0.2, 0) is 26.9 Å². The summed E-state index contributed by atoms with van der Waals surface area (Å²) in [6.45, 7) is 3.48. The summed E-state index contributed by atoms with van der Waals surface area (Å²) in [6.07, 6.45) is 0. The molecular formula is C10H14N2O3S2. The van der Waals surface area contributed by atoms with E-state index in [2.05, 4.69) is 4.98 Å². The van der Waals surface area contributed by atoms with E-state index in [9.17, 15) is 8.42 Å². The van der Waals surface area contributed by atoms with E-state index < -0.39 is 15.1 Å². The van der Waals surface area contributed by atoms with E-state index >= 15 is 0 Å². The minimum absolute atomic E-state index is 0.117. The van der Waals surface area contributed by atoms with Gasteiger partial charge in [0.15, 0.2) is 9.84 Å². The molecule has 0 radical (unpaired) electrons. The van der Waals surface area contributed by atoms with Gasteiger partial charge in [-0.05, 0) is 13.8 Å². The normalized spacial score (nSPS) is 11.7. The van der Waals surface area contributed by atoms with E-state index in [1.165, 1.54) is 7.11 Å². The highest BCUT2D eigenvalue weighted by molar-refractivity contribution is 7.91. The summed E-state index contributed by atoms with van der Waals surface area (Å²) in [5.41, 5.74) is 0.508. The van der Waals surface area contributed by atoms with Crippen LogP contribution in [0.2, 0.25) is 0 Å². The van der Waals surface area contributed by atoms with Crippen LogP contribution in [0.5, 0.6) is 0 Å². The first-order chi connectivity index (χ1) is 7.90. The molecule has 0 spiro atoms. The number of hydrogen-bond donors (Lipinski definition) is 0. The molecule has 1 rings (SSSR count). The number of rotatable bonds is 5. The average molecular weight is 274 g/mol. The van der Waals surface area contributed by atoms with E-state index in [-0.39, 0.29) is 12.4 Å². The molecule has 94 valence electrons. The zero-order valence-electron chi connectivity index (χ0n) is 9.93. The third-order valence-electron chi connectivity index (χ3n) is 2.17. The van der Waals surface area contributed by atoms with Crippen molar-refractivity contribution in [3.63, 3.8) is 0 Å². The van der Waals surface area contributed by atoms with Crippen molar-refractivity contribution in [2.45, 2.75) is 31.5 Å². The number of sulfone groups is 1. The highest BCUT2D eigenvalue weighted by atomic mass is 32.2. The van der Waals surface area contributed by atoms with E-state index in [1.807, 2.05) is 6.07 Å². The van der Waals surface area contributed by atoms with Crippen LogP contribution in [0.15, 0.2) is 0 Å². The van der Waals surface area contributed by atoms with Crippen molar-refractivity contribution in [2.24, 2.45) is 0 Å². The van der Waals surface area contributed by atoms with E-state index in [1.54, 1.807) is 13.8 Å². The third-order valence-corrected chi connectivity index (χ3v) is 5.46. The average Bonchev–Trinajstić information content (AvgIpc) is 2.60. The second kappa shape index (κ2) is 5.58. The minimum Gasteiger partial charge on any atom is -0.378 e. The molecule has 1 heterocycles. The number of hydrogen-bond acceptors (Lipinski definition) is 6. The van der Waals surface area contributed by atoms with Gasteiger partial charge in [-0.1, -0.05) is 0 Å². The number of methoxy groups -OCH3 is 1. The summed E-state index contributed by atoms with van der Waals surface area (Å²) in [5.74, 6) is -0.117. The van der Waals surface area contributed by atoms with Crippen molar-refractivity contribution in [1.29, 1.82) is 5.26 Å². The zero-order chi connectivity index (χ0) is 13.1. The molecule has 0 bridgehead atoms. The lowest BCUT2D eigenvalue weighted by Gasteiger charge is -2.04. The molecule has 1 aromatic rings. The molecule has 0 N–H and O–H groups in total. The lowest BCUT2D eigenvalue weighted by Crippen LogP contribution is -2.15.